The quantitative estimate of drug-likeness (QED) is 0.651. The predicted octanol–water partition coefficient (Wildman–Crippen LogP) is 3.31. The molecule has 26 heavy (non-hydrogen) atoms. The third kappa shape index (κ3) is 5.31. The van der Waals surface area contributed by atoms with Crippen molar-refractivity contribution in [1.29, 1.82) is 0 Å². The molecule has 9 heteroatoms. The lowest BCUT2D eigenvalue weighted by Crippen LogP contribution is -2.14. The van der Waals surface area contributed by atoms with Crippen molar-refractivity contribution in [2.75, 3.05) is 17.6 Å². The number of hydrogen-bond donors (Lipinski definition) is 2. The van der Waals surface area contributed by atoms with Crippen LogP contribution in [0.2, 0.25) is 0 Å². The van der Waals surface area contributed by atoms with Gasteiger partial charge in [0.05, 0.1) is 24.1 Å². The minimum absolute atomic E-state index is 0.290. The molecule has 0 saturated heterocycles. The highest BCUT2D eigenvalue weighted by Gasteiger charge is 2.15. The van der Waals surface area contributed by atoms with Crippen molar-refractivity contribution in [2.24, 2.45) is 0 Å². The van der Waals surface area contributed by atoms with E-state index >= 15 is 0 Å². The number of benzene rings is 1. The third-order valence-electron chi connectivity index (χ3n) is 3.42. The van der Waals surface area contributed by atoms with E-state index in [0.29, 0.717) is 46.0 Å². The normalized spacial score (nSPS) is 11.4. The molecule has 0 unspecified atom stereocenters. The average molecular weight is 444 g/mol. The van der Waals surface area contributed by atoms with Gasteiger partial charge in [0.2, 0.25) is 10.0 Å². The molecule has 0 aliphatic rings. The molecule has 1 aromatic carbocycles. The zero-order chi connectivity index (χ0) is 19.3. The number of H-pyrrole nitrogens is 1. The molecule has 1 aromatic heterocycles. The number of nitrogens with one attached hydrogen (secondary N) is 2. The van der Waals surface area contributed by atoms with Crippen molar-refractivity contribution in [3.63, 3.8) is 0 Å². The molecule has 0 atom stereocenters. The van der Waals surface area contributed by atoms with Gasteiger partial charge >= 0.3 is 0 Å². The Bertz CT molecular complexity index is 942. The molecule has 2 rings (SSSR count). The van der Waals surface area contributed by atoms with E-state index in [1.165, 1.54) is 0 Å². The second kappa shape index (κ2) is 8.68. The van der Waals surface area contributed by atoms with Crippen LogP contribution in [0.5, 0.6) is 5.75 Å². The molecule has 2 aromatic rings. The fourth-order valence-electron chi connectivity index (χ4n) is 2.37. The van der Waals surface area contributed by atoms with Gasteiger partial charge in [0, 0.05) is 5.69 Å². The van der Waals surface area contributed by atoms with Crippen molar-refractivity contribution >= 4 is 31.6 Å². The molecule has 0 spiro atoms. The van der Waals surface area contributed by atoms with E-state index in [2.05, 4.69) is 30.6 Å². The van der Waals surface area contributed by atoms with E-state index in [9.17, 15) is 13.2 Å². The van der Waals surface area contributed by atoms with E-state index in [1.54, 1.807) is 18.2 Å². The van der Waals surface area contributed by atoms with Crippen LogP contribution in [0.15, 0.2) is 27.5 Å². The first-order chi connectivity index (χ1) is 12.2. The van der Waals surface area contributed by atoms with Crippen molar-refractivity contribution in [2.45, 2.75) is 33.1 Å². The SMILES string of the molecule is CCCOc1ccc(NS(C)(=O)=O)cc1-c1nc(CCC)c(Br)c(=O)[nH]1. The highest BCUT2D eigenvalue weighted by Crippen LogP contribution is 2.31. The second-order valence-corrected chi connectivity index (χ2v) is 8.40. The van der Waals surface area contributed by atoms with Gasteiger partial charge in [-0.3, -0.25) is 9.52 Å². The van der Waals surface area contributed by atoms with Gasteiger partial charge in [0.25, 0.3) is 5.56 Å². The Labute approximate surface area is 161 Å². The number of aromatic amines is 1. The summed E-state index contributed by atoms with van der Waals surface area (Å²) in [4.78, 5) is 19.5. The van der Waals surface area contributed by atoms with Gasteiger partial charge in [0.1, 0.15) is 16.0 Å². The standard InChI is InChI=1S/C17H22BrN3O4S/c1-4-6-13-15(18)17(22)20-16(19-13)12-10-11(21-26(3,23)24)7-8-14(12)25-9-5-2/h7-8,10,21H,4-6,9H2,1-3H3,(H,19,20,22). The minimum atomic E-state index is -3.43. The summed E-state index contributed by atoms with van der Waals surface area (Å²) in [5.41, 5.74) is 1.25. The molecule has 0 aliphatic carbocycles. The maximum Gasteiger partial charge on any atom is 0.265 e. The highest BCUT2D eigenvalue weighted by molar-refractivity contribution is 9.10. The number of nitrogens with zero attached hydrogens (tertiary/aromatic N) is 1. The van der Waals surface area contributed by atoms with Crippen molar-refractivity contribution in [3.05, 3.63) is 38.7 Å². The van der Waals surface area contributed by atoms with Gasteiger partial charge in [-0.15, -0.1) is 0 Å². The smallest absolute Gasteiger partial charge is 0.265 e. The molecule has 0 amide bonds. The summed E-state index contributed by atoms with van der Waals surface area (Å²) in [7, 11) is -3.43. The molecule has 142 valence electrons. The van der Waals surface area contributed by atoms with Crippen LogP contribution in [0.4, 0.5) is 5.69 Å². The van der Waals surface area contributed by atoms with E-state index in [-0.39, 0.29) is 5.56 Å². The lowest BCUT2D eigenvalue weighted by atomic mass is 10.1. The molecular weight excluding hydrogens is 422 g/mol. The van der Waals surface area contributed by atoms with E-state index in [1.807, 2.05) is 13.8 Å². The van der Waals surface area contributed by atoms with Crippen LogP contribution in [-0.2, 0) is 16.4 Å². The first-order valence-electron chi connectivity index (χ1n) is 8.28. The number of rotatable bonds is 8. The summed E-state index contributed by atoms with van der Waals surface area (Å²) >= 11 is 3.27. The van der Waals surface area contributed by atoms with Crippen LogP contribution in [0.1, 0.15) is 32.4 Å². The van der Waals surface area contributed by atoms with Gasteiger partial charge < -0.3 is 9.72 Å². The van der Waals surface area contributed by atoms with Crippen LogP contribution < -0.4 is 15.0 Å². The van der Waals surface area contributed by atoms with Gasteiger partial charge in [-0.25, -0.2) is 13.4 Å². The van der Waals surface area contributed by atoms with Crippen LogP contribution >= 0.6 is 15.9 Å². The van der Waals surface area contributed by atoms with Gasteiger partial charge in [-0.2, -0.15) is 0 Å². The van der Waals surface area contributed by atoms with Crippen LogP contribution in [0.25, 0.3) is 11.4 Å². The summed E-state index contributed by atoms with van der Waals surface area (Å²) in [6, 6.07) is 4.88. The molecule has 2 N–H and O–H groups in total. The highest BCUT2D eigenvalue weighted by atomic mass is 79.9. The molecule has 7 nitrogen and oxygen atoms in total. The van der Waals surface area contributed by atoms with E-state index in [4.69, 9.17) is 4.74 Å². The maximum absolute atomic E-state index is 12.3. The van der Waals surface area contributed by atoms with E-state index in [0.717, 1.165) is 19.1 Å². The van der Waals surface area contributed by atoms with Crippen molar-refractivity contribution < 1.29 is 13.2 Å². The summed E-state index contributed by atoms with van der Waals surface area (Å²) in [6.07, 6.45) is 3.37. The Morgan fingerprint density at radius 3 is 2.62 bits per heavy atom. The average Bonchev–Trinajstić information content (AvgIpc) is 2.56. The third-order valence-corrected chi connectivity index (χ3v) is 4.84. The Hall–Kier alpha value is -1.87. The summed E-state index contributed by atoms with van der Waals surface area (Å²) in [5, 5.41) is 0. The van der Waals surface area contributed by atoms with Crippen LogP contribution in [0, 0.1) is 0 Å². The molecule has 0 fully saturated rings. The van der Waals surface area contributed by atoms with Crippen LogP contribution in [-0.4, -0.2) is 31.2 Å². The van der Waals surface area contributed by atoms with E-state index < -0.39 is 10.0 Å². The first-order valence-corrected chi connectivity index (χ1v) is 11.0. The first kappa shape index (κ1) is 20.4. The number of aromatic nitrogens is 2. The number of sulfonamides is 1. The summed E-state index contributed by atoms with van der Waals surface area (Å²) in [6.45, 7) is 4.48. The summed E-state index contributed by atoms with van der Waals surface area (Å²) < 4.78 is 31.6. The predicted molar refractivity (Wildman–Crippen MR) is 106 cm³/mol. The molecule has 0 saturated carbocycles. The number of halogens is 1. The summed E-state index contributed by atoms with van der Waals surface area (Å²) in [5.74, 6) is 0.865. The molecule has 0 radical (unpaired) electrons. The topological polar surface area (TPSA) is 101 Å². The van der Waals surface area contributed by atoms with Crippen LogP contribution in [0.3, 0.4) is 0 Å². The fourth-order valence-corrected chi connectivity index (χ4v) is 3.31. The maximum atomic E-state index is 12.3. The lowest BCUT2D eigenvalue weighted by molar-refractivity contribution is 0.318. The number of ether oxygens (including phenoxy) is 1. The minimum Gasteiger partial charge on any atom is -0.493 e. The Balaban J connectivity index is 2.60. The second-order valence-electron chi connectivity index (χ2n) is 5.86. The van der Waals surface area contributed by atoms with Gasteiger partial charge in [-0.05, 0) is 47.0 Å². The molecular formula is C17H22BrN3O4S. The number of anilines is 1. The van der Waals surface area contributed by atoms with Crippen molar-refractivity contribution in [1.82, 2.24) is 9.97 Å². The number of aryl methyl sites for hydroxylation is 1. The lowest BCUT2D eigenvalue weighted by Gasteiger charge is -2.14. The van der Waals surface area contributed by atoms with Gasteiger partial charge in [-0.1, -0.05) is 20.3 Å². The molecule has 1 heterocycles. The molecule has 0 bridgehead atoms. The van der Waals surface area contributed by atoms with Gasteiger partial charge in [0.15, 0.2) is 0 Å². The number of hydrogen-bond acceptors (Lipinski definition) is 5. The Morgan fingerprint density at radius 1 is 1.27 bits per heavy atom. The fraction of sp³-hybridized carbons (Fsp3) is 0.412. The zero-order valence-corrected chi connectivity index (χ0v) is 17.3. The largest absolute Gasteiger partial charge is 0.493 e. The monoisotopic (exact) mass is 443 g/mol. The Morgan fingerprint density at radius 2 is 2.00 bits per heavy atom. The van der Waals surface area contributed by atoms with Crippen molar-refractivity contribution in [3.8, 4) is 17.1 Å². The Kier molecular flexibility index (Phi) is 6.82. The zero-order valence-electron chi connectivity index (χ0n) is 14.9. The molecule has 0 aliphatic heterocycles.